The summed E-state index contributed by atoms with van der Waals surface area (Å²) in [5.41, 5.74) is 0.328. The molecule has 0 spiro atoms. The van der Waals surface area contributed by atoms with Crippen molar-refractivity contribution >= 4 is 11.9 Å². The molecular weight excluding hydrogens is 304 g/mol. The summed E-state index contributed by atoms with van der Waals surface area (Å²) in [5, 5.41) is 11.4. The highest BCUT2D eigenvalue weighted by Crippen LogP contribution is 2.52. The molecule has 0 aromatic heterocycles. The molecule has 1 aliphatic rings. The number of ether oxygens (including phenoxy) is 1. The van der Waals surface area contributed by atoms with Crippen molar-refractivity contribution in [2.45, 2.75) is 17.9 Å². The monoisotopic (exact) mass is 320 g/mol. The van der Waals surface area contributed by atoms with Crippen LogP contribution in [0.2, 0.25) is 0 Å². The average Bonchev–Trinajstić information content (AvgIpc) is 3.36. The van der Waals surface area contributed by atoms with Gasteiger partial charge in [0.25, 0.3) is 5.91 Å². The van der Waals surface area contributed by atoms with Gasteiger partial charge in [0.15, 0.2) is 6.61 Å². The maximum absolute atomic E-state index is 12.5. The Morgan fingerprint density at radius 1 is 1.12 bits per heavy atom. The smallest absolute Gasteiger partial charge is 0.333 e. The summed E-state index contributed by atoms with van der Waals surface area (Å²) in [7, 11) is 0. The van der Waals surface area contributed by atoms with Gasteiger partial charge in [-0.2, -0.15) is 5.26 Å². The minimum Gasteiger partial charge on any atom is -0.449 e. The van der Waals surface area contributed by atoms with Gasteiger partial charge in [0.1, 0.15) is 11.6 Å². The molecule has 5 heteroatoms. The molecule has 1 saturated carbocycles. The van der Waals surface area contributed by atoms with Crippen LogP contribution in [0.1, 0.15) is 28.3 Å². The highest BCUT2D eigenvalue weighted by molar-refractivity contribution is 6.00. The minimum atomic E-state index is -1.11. The van der Waals surface area contributed by atoms with Gasteiger partial charge in [-0.1, -0.05) is 48.5 Å². The Morgan fingerprint density at radius 3 is 2.38 bits per heavy atom. The van der Waals surface area contributed by atoms with Gasteiger partial charge >= 0.3 is 5.97 Å². The van der Waals surface area contributed by atoms with E-state index in [9.17, 15) is 9.59 Å². The third-order valence-corrected chi connectivity index (χ3v) is 4.17. The van der Waals surface area contributed by atoms with E-state index in [0.29, 0.717) is 12.0 Å². The second-order valence-electron chi connectivity index (χ2n) is 5.69. The van der Waals surface area contributed by atoms with Crippen LogP contribution in [0, 0.1) is 11.3 Å². The Balaban J connectivity index is 1.83. The zero-order valence-electron chi connectivity index (χ0n) is 12.9. The number of nitrogens with one attached hydrogen (secondary N) is 1. The molecule has 0 heterocycles. The van der Waals surface area contributed by atoms with Crippen molar-refractivity contribution < 1.29 is 14.3 Å². The molecule has 0 aliphatic heterocycles. The first-order valence-electron chi connectivity index (χ1n) is 7.64. The van der Waals surface area contributed by atoms with E-state index in [1.165, 1.54) is 0 Å². The predicted molar refractivity (Wildman–Crippen MR) is 87.0 cm³/mol. The second-order valence-corrected chi connectivity index (χ2v) is 5.69. The molecule has 0 saturated heterocycles. The molecule has 3 rings (SSSR count). The van der Waals surface area contributed by atoms with Crippen molar-refractivity contribution in [3.63, 3.8) is 0 Å². The molecular formula is C19H16N2O3. The number of hydrogen-bond donors (Lipinski definition) is 1. The number of benzene rings is 2. The number of nitriles is 1. The summed E-state index contributed by atoms with van der Waals surface area (Å²) in [4.78, 5) is 24.9. The molecule has 2 atom stereocenters. The van der Waals surface area contributed by atoms with Crippen molar-refractivity contribution in [1.82, 2.24) is 5.32 Å². The topological polar surface area (TPSA) is 79.2 Å². The van der Waals surface area contributed by atoms with E-state index in [1.54, 1.807) is 30.3 Å². The van der Waals surface area contributed by atoms with Crippen LogP contribution >= 0.6 is 0 Å². The van der Waals surface area contributed by atoms with E-state index in [-0.39, 0.29) is 18.4 Å². The van der Waals surface area contributed by atoms with Crippen molar-refractivity contribution in [1.29, 1.82) is 5.26 Å². The summed E-state index contributed by atoms with van der Waals surface area (Å²) >= 11 is 0. The first-order chi connectivity index (χ1) is 11.7. The van der Waals surface area contributed by atoms with Gasteiger partial charge in [-0.15, -0.1) is 0 Å². The zero-order valence-corrected chi connectivity index (χ0v) is 12.9. The largest absolute Gasteiger partial charge is 0.449 e. The number of carbonyl (C=O) groups excluding carboxylic acids is 2. The van der Waals surface area contributed by atoms with Gasteiger partial charge in [-0.25, -0.2) is 4.79 Å². The van der Waals surface area contributed by atoms with E-state index in [0.717, 1.165) is 5.56 Å². The number of rotatable bonds is 5. The van der Waals surface area contributed by atoms with Gasteiger partial charge in [0, 0.05) is 11.5 Å². The molecule has 2 aromatic rings. The zero-order chi connectivity index (χ0) is 17.0. The van der Waals surface area contributed by atoms with Gasteiger partial charge in [-0.05, 0) is 24.1 Å². The Morgan fingerprint density at radius 2 is 1.75 bits per heavy atom. The molecule has 0 unspecified atom stereocenters. The standard InChI is InChI=1S/C19H16N2O3/c20-11-12-24-18(23)19(13-16(19)14-7-3-1-4-8-14)21-17(22)15-9-5-2-6-10-15/h1-10,16H,12-13H2,(H,21,22)/t16-,19-/m0/s1. The average molecular weight is 320 g/mol. The lowest BCUT2D eigenvalue weighted by Gasteiger charge is -2.18. The van der Waals surface area contributed by atoms with Gasteiger partial charge in [0.2, 0.25) is 0 Å². The fraction of sp³-hybridized carbons (Fsp3) is 0.211. The predicted octanol–water partition coefficient (Wildman–Crippen LogP) is 2.41. The van der Waals surface area contributed by atoms with Gasteiger partial charge in [-0.3, -0.25) is 4.79 Å². The highest BCUT2D eigenvalue weighted by atomic mass is 16.5. The molecule has 1 aliphatic carbocycles. The lowest BCUT2D eigenvalue weighted by Crippen LogP contribution is -2.45. The van der Waals surface area contributed by atoms with E-state index < -0.39 is 11.5 Å². The van der Waals surface area contributed by atoms with Crippen LogP contribution in [0.5, 0.6) is 0 Å². The van der Waals surface area contributed by atoms with E-state index in [4.69, 9.17) is 10.00 Å². The fourth-order valence-electron chi connectivity index (χ4n) is 2.86. The van der Waals surface area contributed by atoms with Crippen LogP contribution in [0.3, 0.4) is 0 Å². The quantitative estimate of drug-likeness (QED) is 0.858. The molecule has 120 valence electrons. The van der Waals surface area contributed by atoms with Crippen molar-refractivity contribution in [2.75, 3.05) is 6.61 Å². The summed E-state index contributed by atoms with van der Waals surface area (Å²) in [6.07, 6.45) is 0.458. The maximum Gasteiger partial charge on any atom is 0.333 e. The Labute approximate surface area is 139 Å². The third kappa shape index (κ3) is 2.99. The minimum absolute atomic E-state index is 0.155. The molecule has 2 aromatic carbocycles. The summed E-state index contributed by atoms with van der Waals surface area (Å²) in [6, 6.07) is 20.0. The number of amides is 1. The van der Waals surface area contributed by atoms with Crippen molar-refractivity contribution in [3.8, 4) is 6.07 Å². The molecule has 0 radical (unpaired) electrons. The van der Waals surface area contributed by atoms with Crippen LogP contribution in [-0.2, 0) is 9.53 Å². The van der Waals surface area contributed by atoms with Gasteiger partial charge < -0.3 is 10.1 Å². The summed E-state index contributed by atoms with van der Waals surface area (Å²) in [5.74, 6) is -1.05. The number of carbonyl (C=O) groups is 2. The SMILES string of the molecule is N#CCOC(=O)[C@]1(NC(=O)c2ccccc2)C[C@H]1c1ccccc1. The van der Waals surface area contributed by atoms with E-state index in [1.807, 2.05) is 36.4 Å². The molecule has 5 nitrogen and oxygen atoms in total. The first-order valence-corrected chi connectivity index (χ1v) is 7.64. The molecule has 0 bridgehead atoms. The number of nitrogens with zero attached hydrogens (tertiary/aromatic N) is 1. The molecule has 1 amide bonds. The lowest BCUT2D eigenvalue weighted by atomic mass is 10.1. The number of esters is 1. The Bertz CT molecular complexity index is 783. The normalized spacial score (nSPS) is 21.4. The number of hydrogen-bond acceptors (Lipinski definition) is 4. The maximum atomic E-state index is 12.5. The highest BCUT2D eigenvalue weighted by Gasteiger charge is 2.63. The van der Waals surface area contributed by atoms with Crippen molar-refractivity contribution in [3.05, 3.63) is 71.8 Å². The van der Waals surface area contributed by atoms with Crippen LogP contribution < -0.4 is 5.32 Å². The second kappa shape index (κ2) is 6.55. The lowest BCUT2D eigenvalue weighted by molar-refractivity contribution is -0.145. The van der Waals surface area contributed by atoms with Crippen LogP contribution in [0.15, 0.2) is 60.7 Å². The van der Waals surface area contributed by atoms with E-state index >= 15 is 0 Å². The van der Waals surface area contributed by atoms with Crippen LogP contribution in [0.25, 0.3) is 0 Å². The van der Waals surface area contributed by atoms with Crippen LogP contribution in [0.4, 0.5) is 0 Å². The van der Waals surface area contributed by atoms with Crippen LogP contribution in [-0.4, -0.2) is 24.0 Å². The fourth-order valence-corrected chi connectivity index (χ4v) is 2.86. The van der Waals surface area contributed by atoms with E-state index in [2.05, 4.69) is 5.32 Å². The third-order valence-electron chi connectivity index (χ3n) is 4.17. The summed E-state index contributed by atoms with van der Waals surface area (Å²) < 4.78 is 4.99. The molecule has 1 N–H and O–H groups in total. The summed E-state index contributed by atoms with van der Waals surface area (Å²) in [6.45, 7) is -0.330. The van der Waals surface area contributed by atoms with Gasteiger partial charge in [0.05, 0.1) is 0 Å². The molecule has 1 fully saturated rings. The van der Waals surface area contributed by atoms with Crippen molar-refractivity contribution in [2.24, 2.45) is 0 Å². The first kappa shape index (κ1) is 15.8. The molecule has 24 heavy (non-hydrogen) atoms. The Hall–Kier alpha value is -3.13. The Kier molecular flexibility index (Phi) is 4.30.